The SMILES string of the molecule is CC1CC(C)CN(Cc2csc(NC(=O)CC(C)c3ccccc3)n2)C1. The molecule has 1 aromatic carbocycles. The predicted octanol–water partition coefficient (Wildman–Crippen LogP) is 4.75. The topological polar surface area (TPSA) is 45.2 Å². The Bertz CT molecular complexity index is 705. The Hall–Kier alpha value is -1.72. The molecule has 2 aromatic rings. The van der Waals surface area contributed by atoms with Crippen LogP contribution in [0.15, 0.2) is 35.7 Å². The van der Waals surface area contributed by atoms with Crippen LogP contribution in [0.1, 0.15) is 50.8 Å². The summed E-state index contributed by atoms with van der Waals surface area (Å²) in [6.07, 6.45) is 1.79. The minimum absolute atomic E-state index is 0.0301. The van der Waals surface area contributed by atoms with Gasteiger partial charge in [0.25, 0.3) is 0 Å². The molecule has 0 bridgehead atoms. The van der Waals surface area contributed by atoms with Gasteiger partial charge in [0.2, 0.25) is 5.91 Å². The summed E-state index contributed by atoms with van der Waals surface area (Å²) in [7, 11) is 0. The van der Waals surface area contributed by atoms with Crippen LogP contribution >= 0.6 is 11.3 Å². The Morgan fingerprint density at radius 1 is 1.27 bits per heavy atom. The van der Waals surface area contributed by atoms with E-state index in [2.05, 4.69) is 53.5 Å². The molecule has 1 fully saturated rings. The lowest BCUT2D eigenvalue weighted by Gasteiger charge is -2.34. The van der Waals surface area contributed by atoms with Crippen LogP contribution in [0.4, 0.5) is 5.13 Å². The van der Waals surface area contributed by atoms with Gasteiger partial charge in [0.15, 0.2) is 5.13 Å². The van der Waals surface area contributed by atoms with E-state index in [1.807, 2.05) is 18.2 Å². The van der Waals surface area contributed by atoms with Crippen LogP contribution in [0.3, 0.4) is 0 Å². The van der Waals surface area contributed by atoms with Gasteiger partial charge in [-0.1, -0.05) is 51.1 Å². The molecule has 0 saturated carbocycles. The molecule has 2 heterocycles. The molecule has 3 unspecified atom stereocenters. The van der Waals surface area contributed by atoms with Crippen molar-refractivity contribution in [2.24, 2.45) is 11.8 Å². The molecular formula is C21H29N3OS. The van der Waals surface area contributed by atoms with Crippen molar-refractivity contribution in [3.05, 3.63) is 47.0 Å². The number of amides is 1. The molecule has 1 N–H and O–H groups in total. The van der Waals surface area contributed by atoms with Crippen molar-refractivity contribution in [2.45, 2.75) is 46.1 Å². The second-order valence-corrected chi connectivity index (χ2v) is 8.71. The number of carbonyl (C=O) groups excluding carboxylic acids is 1. The maximum absolute atomic E-state index is 12.3. The molecule has 1 aliphatic rings. The van der Waals surface area contributed by atoms with E-state index in [9.17, 15) is 4.79 Å². The van der Waals surface area contributed by atoms with Crippen LogP contribution in [0.2, 0.25) is 0 Å². The highest BCUT2D eigenvalue weighted by molar-refractivity contribution is 7.13. The Kier molecular flexibility index (Phi) is 6.43. The maximum Gasteiger partial charge on any atom is 0.226 e. The summed E-state index contributed by atoms with van der Waals surface area (Å²) < 4.78 is 0. The zero-order chi connectivity index (χ0) is 18.5. The number of benzene rings is 1. The number of hydrogen-bond donors (Lipinski definition) is 1. The molecule has 26 heavy (non-hydrogen) atoms. The number of nitrogens with one attached hydrogen (secondary N) is 1. The summed E-state index contributed by atoms with van der Waals surface area (Å²) in [5.41, 5.74) is 2.25. The van der Waals surface area contributed by atoms with E-state index < -0.39 is 0 Å². The minimum Gasteiger partial charge on any atom is -0.302 e. The maximum atomic E-state index is 12.3. The largest absolute Gasteiger partial charge is 0.302 e. The third-order valence-corrected chi connectivity index (χ3v) is 5.79. The number of piperidine rings is 1. The van der Waals surface area contributed by atoms with Gasteiger partial charge in [-0.05, 0) is 29.7 Å². The number of anilines is 1. The molecule has 1 aliphatic heterocycles. The van der Waals surface area contributed by atoms with Gasteiger partial charge in [0, 0.05) is 31.4 Å². The standard InChI is InChI=1S/C21H29N3OS/c1-15-9-16(2)12-24(11-15)13-19-14-26-21(22-19)23-20(25)10-17(3)18-7-5-4-6-8-18/h4-8,14-17H,9-13H2,1-3H3,(H,22,23,25). The van der Waals surface area contributed by atoms with Gasteiger partial charge in [-0.2, -0.15) is 0 Å². The van der Waals surface area contributed by atoms with Crippen molar-refractivity contribution in [3.8, 4) is 0 Å². The van der Waals surface area contributed by atoms with E-state index in [1.165, 1.54) is 23.3 Å². The molecule has 0 aliphatic carbocycles. The summed E-state index contributed by atoms with van der Waals surface area (Å²) in [4.78, 5) is 19.4. The van der Waals surface area contributed by atoms with Crippen molar-refractivity contribution >= 4 is 22.4 Å². The van der Waals surface area contributed by atoms with Gasteiger partial charge in [-0.3, -0.25) is 9.69 Å². The average Bonchev–Trinajstić information content (AvgIpc) is 3.01. The van der Waals surface area contributed by atoms with E-state index in [1.54, 1.807) is 0 Å². The van der Waals surface area contributed by atoms with Crippen molar-refractivity contribution < 1.29 is 4.79 Å². The first-order valence-corrected chi connectivity index (χ1v) is 10.4. The first kappa shape index (κ1) is 19.1. The summed E-state index contributed by atoms with van der Waals surface area (Å²) in [5.74, 6) is 1.72. The second-order valence-electron chi connectivity index (χ2n) is 7.85. The number of nitrogens with zero attached hydrogens (tertiary/aromatic N) is 2. The third-order valence-electron chi connectivity index (χ3n) is 4.99. The number of aromatic nitrogens is 1. The van der Waals surface area contributed by atoms with Crippen LogP contribution in [0.25, 0.3) is 0 Å². The lowest BCUT2D eigenvalue weighted by atomic mass is 9.92. The molecule has 3 rings (SSSR count). The Labute approximate surface area is 160 Å². The highest BCUT2D eigenvalue weighted by atomic mass is 32.1. The molecule has 140 valence electrons. The fourth-order valence-corrected chi connectivity index (χ4v) is 4.65. The smallest absolute Gasteiger partial charge is 0.226 e. The van der Waals surface area contributed by atoms with Crippen molar-refractivity contribution in [2.75, 3.05) is 18.4 Å². The highest BCUT2D eigenvalue weighted by Gasteiger charge is 2.22. The lowest BCUT2D eigenvalue weighted by molar-refractivity contribution is -0.116. The molecule has 1 saturated heterocycles. The molecule has 0 spiro atoms. The number of carbonyl (C=O) groups is 1. The number of rotatable bonds is 6. The third kappa shape index (κ3) is 5.39. The van der Waals surface area contributed by atoms with E-state index in [4.69, 9.17) is 0 Å². The zero-order valence-corrected chi connectivity index (χ0v) is 16.8. The average molecular weight is 372 g/mol. The first-order valence-electron chi connectivity index (χ1n) is 9.51. The van der Waals surface area contributed by atoms with Gasteiger partial charge in [0.05, 0.1) is 5.69 Å². The monoisotopic (exact) mass is 371 g/mol. The fourth-order valence-electron chi connectivity index (χ4n) is 3.94. The molecule has 3 atom stereocenters. The van der Waals surface area contributed by atoms with Crippen LogP contribution < -0.4 is 5.32 Å². The van der Waals surface area contributed by atoms with E-state index in [0.29, 0.717) is 11.6 Å². The first-order chi connectivity index (χ1) is 12.5. The molecule has 4 nitrogen and oxygen atoms in total. The number of likely N-dealkylation sites (tertiary alicyclic amines) is 1. The fraction of sp³-hybridized carbons (Fsp3) is 0.524. The summed E-state index contributed by atoms with van der Waals surface area (Å²) >= 11 is 1.52. The van der Waals surface area contributed by atoms with Crippen LogP contribution in [0.5, 0.6) is 0 Å². The zero-order valence-electron chi connectivity index (χ0n) is 15.9. The summed E-state index contributed by atoms with van der Waals surface area (Å²) in [6.45, 7) is 9.88. The van der Waals surface area contributed by atoms with Gasteiger partial charge in [-0.25, -0.2) is 4.98 Å². The van der Waals surface area contributed by atoms with E-state index in [-0.39, 0.29) is 11.8 Å². The van der Waals surface area contributed by atoms with Gasteiger partial charge in [-0.15, -0.1) is 11.3 Å². The Balaban J connectivity index is 1.51. The Morgan fingerprint density at radius 3 is 2.65 bits per heavy atom. The van der Waals surface area contributed by atoms with Crippen LogP contribution in [0, 0.1) is 11.8 Å². The van der Waals surface area contributed by atoms with Crippen molar-refractivity contribution in [1.29, 1.82) is 0 Å². The molecule has 1 aromatic heterocycles. The van der Waals surface area contributed by atoms with Gasteiger partial charge < -0.3 is 5.32 Å². The van der Waals surface area contributed by atoms with Gasteiger partial charge in [0.1, 0.15) is 0 Å². The number of hydrogen-bond acceptors (Lipinski definition) is 4. The predicted molar refractivity (Wildman–Crippen MR) is 108 cm³/mol. The molecule has 0 radical (unpaired) electrons. The van der Waals surface area contributed by atoms with E-state index in [0.717, 1.165) is 37.2 Å². The second kappa shape index (κ2) is 8.78. The number of thiazole rings is 1. The normalized spacial score (nSPS) is 22.1. The lowest BCUT2D eigenvalue weighted by Crippen LogP contribution is -2.38. The Morgan fingerprint density at radius 2 is 1.96 bits per heavy atom. The van der Waals surface area contributed by atoms with Crippen LogP contribution in [-0.4, -0.2) is 28.9 Å². The summed E-state index contributed by atoms with van der Waals surface area (Å²) in [6, 6.07) is 10.2. The summed E-state index contributed by atoms with van der Waals surface area (Å²) in [5, 5.41) is 5.75. The van der Waals surface area contributed by atoms with Crippen molar-refractivity contribution in [1.82, 2.24) is 9.88 Å². The van der Waals surface area contributed by atoms with E-state index >= 15 is 0 Å². The minimum atomic E-state index is 0.0301. The molecule has 1 amide bonds. The van der Waals surface area contributed by atoms with Gasteiger partial charge >= 0.3 is 0 Å². The molecule has 5 heteroatoms. The van der Waals surface area contributed by atoms with Crippen LogP contribution in [-0.2, 0) is 11.3 Å². The van der Waals surface area contributed by atoms with Crippen molar-refractivity contribution in [3.63, 3.8) is 0 Å². The molecular weight excluding hydrogens is 342 g/mol. The highest BCUT2D eigenvalue weighted by Crippen LogP contribution is 2.24. The quantitative estimate of drug-likeness (QED) is 0.797.